The van der Waals surface area contributed by atoms with Gasteiger partial charge in [-0.25, -0.2) is 4.98 Å². The van der Waals surface area contributed by atoms with Gasteiger partial charge >= 0.3 is 0 Å². The van der Waals surface area contributed by atoms with Gasteiger partial charge in [0.25, 0.3) is 5.91 Å². The van der Waals surface area contributed by atoms with Crippen molar-refractivity contribution in [2.45, 2.75) is 13.3 Å². The summed E-state index contributed by atoms with van der Waals surface area (Å²) in [4.78, 5) is 22.8. The number of benzene rings is 1. The number of carbonyl (C=O) groups is 1. The van der Waals surface area contributed by atoms with Crippen LogP contribution in [0.5, 0.6) is 0 Å². The lowest BCUT2D eigenvalue weighted by atomic mass is 10.1. The highest BCUT2D eigenvalue weighted by Gasteiger charge is 2.18. The summed E-state index contributed by atoms with van der Waals surface area (Å²) >= 11 is 1.31. The number of nitrogens with two attached hydrogens (primary N) is 1. The molecule has 3 aromatic heterocycles. The van der Waals surface area contributed by atoms with E-state index in [2.05, 4.69) is 22.2 Å². The third kappa shape index (κ3) is 3.27. The molecule has 4 rings (SSSR count). The van der Waals surface area contributed by atoms with Crippen molar-refractivity contribution in [3.05, 3.63) is 71.4 Å². The number of hydrogen-bond acceptors (Lipinski definition) is 5. The highest BCUT2D eigenvalue weighted by molar-refractivity contribution is 7.21. The SMILES string of the molecule is CCc1ccccc1NC(=O)c1sc2nc(-c3ccncc3)ccc2c1N. The van der Waals surface area contributed by atoms with Crippen LogP contribution < -0.4 is 11.1 Å². The van der Waals surface area contributed by atoms with Crippen LogP contribution in [-0.2, 0) is 6.42 Å². The summed E-state index contributed by atoms with van der Waals surface area (Å²) < 4.78 is 0. The molecular weight excluding hydrogens is 356 g/mol. The fourth-order valence-electron chi connectivity index (χ4n) is 2.98. The molecule has 0 saturated carbocycles. The number of aryl methyl sites for hydroxylation is 1. The second kappa shape index (κ2) is 7.17. The van der Waals surface area contributed by atoms with Crippen molar-refractivity contribution in [3.63, 3.8) is 0 Å². The molecule has 0 atom stereocenters. The molecule has 0 spiro atoms. The average molecular weight is 374 g/mol. The first-order valence-electron chi connectivity index (χ1n) is 8.66. The Morgan fingerprint density at radius 3 is 2.67 bits per heavy atom. The minimum Gasteiger partial charge on any atom is -0.397 e. The monoisotopic (exact) mass is 374 g/mol. The van der Waals surface area contributed by atoms with Gasteiger partial charge in [0, 0.05) is 29.0 Å². The standard InChI is InChI=1S/C21H18N4OS/c1-2-13-5-3-4-6-16(13)24-20(26)19-18(22)15-7-8-17(25-21(15)27-19)14-9-11-23-12-10-14/h3-12H,2,22H2,1H3,(H,24,26). The molecule has 134 valence electrons. The fraction of sp³-hybridized carbons (Fsp3) is 0.0952. The van der Waals surface area contributed by atoms with Gasteiger partial charge in [-0.05, 0) is 42.3 Å². The van der Waals surface area contributed by atoms with Crippen molar-refractivity contribution in [2.24, 2.45) is 0 Å². The van der Waals surface area contributed by atoms with E-state index in [0.29, 0.717) is 10.6 Å². The topological polar surface area (TPSA) is 80.9 Å². The van der Waals surface area contributed by atoms with Crippen LogP contribution in [0.25, 0.3) is 21.5 Å². The number of hydrogen-bond donors (Lipinski definition) is 2. The molecular formula is C21H18N4OS. The summed E-state index contributed by atoms with van der Waals surface area (Å²) in [6, 6.07) is 15.4. The van der Waals surface area contributed by atoms with Crippen molar-refractivity contribution in [1.82, 2.24) is 9.97 Å². The highest BCUT2D eigenvalue weighted by atomic mass is 32.1. The van der Waals surface area contributed by atoms with Gasteiger partial charge in [-0.15, -0.1) is 11.3 Å². The van der Waals surface area contributed by atoms with Crippen LogP contribution >= 0.6 is 11.3 Å². The summed E-state index contributed by atoms with van der Waals surface area (Å²) in [5.74, 6) is -0.207. The number of anilines is 2. The van der Waals surface area contributed by atoms with Crippen LogP contribution in [-0.4, -0.2) is 15.9 Å². The summed E-state index contributed by atoms with van der Waals surface area (Å²) in [6.45, 7) is 2.06. The number of thiophene rings is 1. The van der Waals surface area contributed by atoms with Crippen LogP contribution in [0.3, 0.4) is 0 Å². The molecule has 1 amide bonds. The van der Waals surface area contributed by atoms with E-state index in [1.165, 1.54) is 11.3 Å². The second-order valence-corrected chi connectivity index (χ2v) is 7.09. The molecule has 0 fully saturated rings. The molecule has 0 bridgehead atoms. The van der Waals surface area contributed by atoms with Crippen molar-refractivity contribution < 1.29 is 4.79 Å². The van der Waals surface area contributed by atoms with Gasteiger partial charge in [0.1, 0.15) is 9.71 Å². The van der Waals surface area contributed by atoms with E-state index >= 15 is 0 Å². The van der Waals surface area contributed by atoms with Crippen LogP contribution in [0.4, 0.5) is 11.4 Å². The van der Waals surface area contributed by atoms with Gasteiger partial charge in [-0.3, -0.25) is 9.78 Å². The maximum Gasteiger partial charge on any atom is 0.267 e. The smallest absolute Gasteiger partial charge is 0.267 e. The van der Waals surface area contributed by atoms with E-state index in [4.69, 9.17) is 5.73 Å². The summed E-state index contributed by atoms with van der Waals surface area (Å²) in [5, 5.41) is 3.78. The van der Waals surface area contributed by atoms with Gasteiger partial charge in [0.2, 0.25) is 0 Å². The number of carbonyl (C=O) groups excluding carboxylic acids is 1. The van der Waals surface area contributed by atoms with Crippen molar-refractivity contribution in [3.8, 4) is 11.3 Å². The first-order valence-corrected chi connectivity index (χ1v) is 9.47. The number of aromatic nitrogens is 2. The zero-order chi connectivity index (χ0) is 18.8. The van der Waals surface area contributed by atoms with E-state index in [1.807, 2.05) is 48.5 Å². The largest absolute Gasteiger partial charge is 0.397 e. The maximum absolute atomic E-state index is 12.8. The van der Waals surface area contributed by atoms with E-state index in [0.717, 1.165) is 39.1 Å². The summed E-state index contributed by atoms with van der Waals surface area (Å²) in [5.41, 5.74) is 10.4. The van der Waals surface area contributed by atoms with Crippen LogP contribution in [0.1, 0.15) is 22.2 Å². The van der Waals surface area contributed by atoms with Gasteiger partial charge in [0.05, 0.1) is 11.4 Å². The number of nitrogen functional groups attached to an aromatic ring is 1. The Morgan fingerprint density at radius 2 is 1.89 bits per heavy atom. The van der Waals surface area contributed by atoms with Gasteiger partial charge in [-0.1, -0.05) is 25.1 Å². The molecule has 3 N–H and O–H groups in total. The third-order valence-corrected chi connectivity index (χ3v) is 5.54. The lowest BCUT2D eigenvalue weighted by Crippen LogP contribution is -2.13. The average Bonchev–Trinajstić information content (AvgIpc) is 3.05. The zero-order valence-electron chi connectivity index (χ0n) is 14.8. The second-order valence-electron chi connectivity index (χ2n) is 6.09. The Bertz CT molecular complexity index is 1120. The first kappa shape index (κ1) is 17.2. The third-order valence-electron chi connectivity index (χ3n) is 4.42. The van der Waals surface area contributed by atoms with Crippen molar-refractivity contribution in [1.29, 1.82) is 0 Å². The fourth-order valence-corrected chi connectivity index (χ4v) is 3.97. The van der Waals surface area contributed by atoms with E-state index in [1.54, 1.807) is 12.4 Å². The molecule has 0 aliphatic carbocycles. The Balaban J connectivity index is 1.70. The van der Waals surface area contributed by atoms with Crippen LogP contribution in [0, 0.1) is 0 Å². The summed E-state index contributed by atoms with van der Waals surface area (Å²) in [7, 11) is 0. The quantitative estimate of drug-likeness (QED) is 0.540. The van der Waals surface area contributed by atoms with Crippen molar-refractivity contribution in [2.75, 3.05) is 11.1 Å². The first-order chi connectivity index (χ1) is 13.2. The van der Waals surface area contributed by atoms with Crippen LogP contribution in [0.2, 0.25) is 0 Å². The van der Waals surface area contributed by atoms with Gasteiger partial charge in [0.15, 0.2) is 0 Å². The number of para-hydroxylation sites is 1. The molecule has 0 saturated heterocycles. The molecule has 0 radical (unpaired) electrons. The molecule has 5 nitrogen and oxygen atoms in total. The number of nitrogens with zero attached hydrogens (tertiary/aromatic N) is 2. The number of rotatable bonds is 4. The highest BCUT2D eigenvalue weighted by Crippen LogP contribution is 2.34. The molecule has 3 heterocycles. The molecule has 0 aliphatic rings. The molecule has 0 aliphatic heterocycles. The number of amides is 1. The van der Waals surface area contributed by atoms with Gasteiger partial charge in [-0.2, -0.15) is 0 Å². The maximum atomic E-state index is 12.8. The lowest BCUT2D eigenvalue weighted by Gasteiger charge is -2.09. The molecule has 27 heavy (non-hydrogen) atoms. The van der Waals surface area contributed by atoms with E-state index in [-0.39, 0.29) is 5.91 Å². The zero-order valence-corrected chi connectivity index (χ0v) is 15.6. The minimum atomic E-state index is -0.207. The number of nitrogens with one attached hydrogen (secondary N) is 1. The minimum absolute atomic E-state index is 0.207. The molecule has 1 aromatic carbocycles. The predicted molar refractivity (Wildman–Crippen MR) is 111 cm³/mol. The predicted octanol–water partition coefficient (Wildman–Crippen LogP) is 4.76. The Hall–Kier alpha value is -3.25. The summed E-state index contributed by atoms with van der Waals surface area (Å²) in [6.07, 6.45) is 4.30. The molecule has 6 heteroatoms. The number of fused-ring (bicyclic) bond motifs is 1. The number of pyridine rings is 2. The normalized spacial score (nSPS) is 10.9. The molecule has 0 unspecified atom stereocenters. The van der Waals surface area contributed by atoms with Gasteiger partial charge < -0.3 is 11.1 Å². The van der Waals surface area contributed by atoms with E-state index < -0.39 is 0 Å². The van der Waals surface area contributed by atoms with Crippen LogP contribution in [0.15, 0.2) is 60.9 Å². The Labute approximate surface area is 160 Å². The van der Waals surface area contributed by atoms with E-state index in [9.17, 15) is 4.79 Å². The Morgan fingerprint density at radius 1 is 1.11 bits per heavy atom. The molecule has 4 aromatic rings. The lowest BCUT2D eigenvalue weighted by molar-refractivity contribution is 0.103. The van der Waals surface area contributed by atoms with Crippen molar-refractivity contribution >= 4 is 38.8 Å². The Kier molecular flexibility index (Phi) is 4.56.